The van der Waals surface area contributed by atoms with Crippen LogP contribution in [-0.2, 0) is 0 Å². The quantitative estimate of drug-likeness (QED) is 0.708. The molecular formula is C21H22F3NO4. The number of rotatable bonds is 5. The molecule has 1 aliphatic heterocycles. The van der Waals surface area contributed by atoms with Crippen LogP contribution in [0.2, 0.25) is 0 Å². The Morgan fingerprint density at radius 2 is 1.83 bits per heavy atom. The first kappa shape index (κ1) is 20.0. The molecule has 8 heteroatoms. The number of ether oxygens (including phenoxy) is 1. The van der Waals surface area contributed by atoms with Crippen LogP contribution in [0.4, 0.5) is 13.2 Å². The minimum Gasteiger partial charge on any atom is -0.503 e. The van der Waals surface area contributed by atoms with Crippen molar-refractivity contribution in [1.82, 2.24) is 4.90 Å². The summed E-state index contributed by atoms with van der Waals surface area (Å²) in [7, 11) is 0. The number of benzene rings is 2. The molecule has 2 aromatic rings. The number of hydrogen-bond donors (Lipinski definition) is 3. The van der Waals surface area contributed by atoms with Gasteiger partial charge in [0.25, 0.3) is 0 Å². The number of aromatic hydroxyl groups is 1. The molecular weight excluding hydrogens is 387 g/mol. The Bertz CT molecular complexity index is 888. The predicted octanol–water partition coefficient (Wildman–Crippen LogP) is 2.75. The lowest BCUT2D eigenvalue weighted by atomic mass is 9.95. The maximum absolute atomic E-state index is 13.8. The van der Waals surface area contributed by atoms with Gasteiger partial charge < -0.3 is 20.1 Å². The predicted molar refractivity (Wildman–Crippen MR) is 97.9 cm³/mol. The van der Waals surface area contributed by atoms with Crippen molar-refractivity contribution in [2.45, 2.75) is 30.7 Å². The third kappa shape index (κ3) is 3.92. The lowest BCUT2D eigenvalue weighted by Gasteiger charge is -2.25. The van der Waals surface area contributed by atoms with Crippen LogP contribution in [0.1, 0.15) is 24.5 Å². The second-order valence-corrected chi connectivity index (χ2v) is 7.95. The Hall–Kier alpha value is -2.29. The van der Waals surface area contributed by atoms with Gasteiger partial charge in [0.2, 0.25) is 0 Å². The third-order valence-electron chi connectivity index (χ3n) is 5.85. The van der Waals surface area contributed by atoms with Crippen molar-refractivity contribution >= 4 is 0 Å². The summed E-state index contributed by atoms with van der Waals surface area (Å²) in [5.41, 5.74) is -1.01. The fourth-order valence-corrected chi connectivity index (χ4v) is 4.46. The van der Waals surface area contributed by atoms with Crippen LogP contribution < -0.4 is 4.74 Å². The van der Waals surface area contributed by atoms with E-state index in [2.05, 4.69) is 0 Å². The Balaban J connectivity index is 1.37. The first-order chi connectivity index (χ1) is 13.7. The highest BCUT2D eigenvalue weighted by atomic mass is 19.1. The van der Waals surface area contributed by atoms with Gasteiger partial charge in [0.15, 0.2) is 29.0 Å². The number of nitrogens with zero attached hydrogens (tertiary/aromatic N) is 1. The van der Waals surface area contributed by atoms with Gasteiger partial charge in [-0.05, 0) is 36.2 Å². The molecule has 0 aromatic heterocycles. The molecule has 4 atom stereocenters. The van der Waals surface area contributed by atoms with Crippen molar-refractivity contribution in [2.75, 3.05) is 19.6 Å². The van der Waals surface area contributed by atoms with Gasteiger partial charge in [-0.3, -0.25) is 4.90 Å². The van der Waals surface area contributed by atoms with E-state index in [-0.39, 0.29) is 36.4 Å². The van der Waals surface area contributed by atoms with Gasteiger partial charge in [-0.2, -0.15) is 0 Å². The molecule has 0 amide bonds. The number of hydrogen-bond acceptors (Lipinski definition) is 5. The van der Waals surface area contributed by atoms with E-state index in [1.165, 1.54) is 6.07 Å². The number of β-amino-alcohol motifs (C(OH)–C–C–N with tert-alkyl or cyclic N) is 2. The first-order valence-electron chi connectivity index (χ1n) is 9.47. The highest BCUT2D eigenvalue weighted by molar-refractivity contribution is 5.31. The van der Waals surface area contributed by atoms with E-state index in [0.29, 0.717) is 19.4 Å². The topological polar surface area (TPSA) is 73.2 Å². The second kappa shape index (κ2) is 7.51. The van der Waals surface area contributed by atoms with Crippen LogP contribution in [0, 0.1) is 23.4 Å². The summed E-state index contributed by atoms with van der Waals surface area (Å²) in [5.74, 6) is -3.75. The lowest BCUT2D eigenvalue weighted by molar-refractivity contribution is 0.0175. The molecule has 2 fully saturated rings. The summed E-state index contributed by atoms with van der Waals surface area (Å²) in [6.07, 6.45) is -0.609. The van der Waals surface area contributed by atoms with Crippen molar-refractivity contribution in [3.63, 3.8) is 0 Å². The maximum Gasteiger partial charge on any atom is 0.187 e. The van der Waals surface area contributed by atoms with E-state index in [0.717, 1.165) is 12.1 Å². The fraction of sp³-hybridized carbons (Fsp3) is 0.429. The van der Waals surface area contributed by atoms with Crippen LogP contribution in [0.25, 0.3) is 0 Å². The van der Waals surface area contributed by atoms with Gasteiger partial charge in [0.05, 0.1) is 11.7 Å². The number of aliphatic hydroxyl groups is 2. The molecule has 0 bridgehead atoms. The molecule has 0 unspecified atom stereocenters. The van der Waals surface area contributed by atoms with E-state index >= 15 is 0 Å². The molecule has 1 saturated carbocycles. The van der Waals surface area contributed by atoms with Crippen molar-refractivity contribution in [3.05, 3.63) is 59.4 Å². The average Bonchev–Trinajstić information content (AvgIpc) is 3.11. The molecule has 1 saturated heterocycles. The first-order valence-corrected chi connectivity index (χ1v) is 9.47. The molecule has 4 rings (SSSR count). The molecule has 3 N–H and O–H groups in total. The van der Waals surface area contributed by atoms with E-state index in [1.807, 2.05) is 4.90 Å². The second-order valence-electron chi connectivity index (χ2n) is 7.95. The zero-order chi connectivity index (χ0) is 20.8. The standard InChI is InChI=1S/C21H22F3NO4/c22-15-3-1-2-4-19(15)29-14-7-13-9-25(11-21(13,28)8-14)10-18(26)12-5-16(23)20(27)17(24)6-12/h1-6,13-14,18,26-28H,7-11H2/t13-,14+,18+,21-/m0/s1. The SMILES string of the molecule is Oc1c(F)cc([C@H](O)CN2C[C@@H]3C[C@@H](Oc4ccccc4F)C[C@]3(O)C2)cc1F. The summed E-state index contributed by atoms with van der Waals surface area (Å²) in [6.45, 7) is 0.837. The maximum atomic E-state index is 13.8. The molecule has 0 spiro atoms. The van der Waals surface area contributed by atoms with Crippen LogP contribution in [0.5, 0.6) is 11.5 Å². The third-order valence-corrected chi connectivity index (χ3v) is 5.85. The van der Waals surface area contributed by atoms with Gasteiger partial charge >= 0.3 is 0 Å². The number of aliphatic hydroxyl groups excluding tert-OH is 1. The fourth-order valence-electron chi connectivity index (χ4n) is 4.46. The average molecular weight is 409 g/mol. The smallest absolute Gasteiger partial charge is 0.187 e. The lowest BCUT2D eigenvalue weighted by Crippen LogP contribution is -2.36. The largest absolute Gasteiger partial charge is 0.503 e. The van der Waals surface area contributed by atoms with E-state index in [4.69, 9.17) is 4.74 Å². The van der Waals surface area contributed by atoms with Crippen molar-refractivity contribution in [2.24, 2.45) is 5.92 Å². The minimum absolute atomic E-state index is 0.0163. The number of halogens is 3. The molecule has 1 heterocycles. The summed E-state index contributed by atoms with van der Waals surface area (Å²) in [5, 5.41) is 30.5. The number of likely N-dealkylation sites (tertiary alicyclic amines) is 1. The summed E-state index contributed by atoms with van der Waals surface area (Å²) >= 11 is 0. The molecule has 156 valence electrons. The van der Waals surface area contributed by atoms with Crippen LogP contribution in [0.3, 0.4) is 0 Å². The molecule has 5 nitrogen and oxygen atoms in total. The van der Waals surface area contributed by atoms with E-state index < -0.39 is 34.9 Å². The van der Waals surface area contributed by atoms with Crippen LogP contribution in [0.15, 0.2) is 36.4 Å². The Morgan fingerprint density at radius 3 is 2.48 bits per heavy atom. The van der Waals surface area contributed by atoms with Gasteiger partial charge in [0, 0.05) is 32.0 Å². The minimum atomic E-state index is -1.17. The van der Waals surface area contributed by atoms with Gasteiger partial charge in [-0.25, -0.2) is 13.2 Å². The zero-order valence-corrected chi connectivity index (χ0v) is 15.6. The normalized spacial score (nSPS) is 27.8. The van der Waals surface area contributed by atoms with Gasteiger partial charge in [-0.1, -0.05) is 12.1 Å². The molecule has 0 radical (unpaired) electrons. The molecule has 2 aromatic carbocycles. The summed E-state index contributed by atoms with van der Waals surface area (Å²) in [4.78, 5) is 1.83. The van der Waals surface area contributed by atoms with Gasteiger partial charge in [0.1, 0.15) is 6.10 Å². The number of phenolic OH excluding ortho intramolecular Hbond substituents is 1. The van der Waals surface area contributed by atoms with Crippen molar-refractivity contribution < 1.29 is 33.2 Å². The highest BCUT2D eigenvalue weighted by Crippen LogP contribution is 2.43. The number of fused-ring (bicyclic) bond motifs is 1. The molecule has 1 aliphatic carbocycles. The molecule has 29 heavy (non-hydrogen) atoms. The van der Waals surface area contributed by atoms with Crippen LogP contribution >= 0.6 is 0 Å². The number of para-hydroxylation sites is 1. The Labute approximate surface area is 166 Å². The van der Waals surface area contributed by atoms with E-state index in [1.54, 1.807) is 18.2 Å². The summed E-state index contributed by atoms with van der Waals surface area (Å²) < 4.78 is 46.5. The Morgan fingerprint density at radius 1 is 1.14 bits per heavy atom. The monoisotopic (exact) mass is 409 g/mol. The van der Waals surface area contributed by atoms with Gasteiger partial charge in [-0.15, -0.1) is 0 Å². The Kier molecular flexibility index (Phi) is 5.18. The summed E-state index contributed by atoms with van der Waals surface area (Å²) in [6, 6.07) is 7.92. The van der Waals surface area contributed by atoms with Crippen molar-refractivity contribution in [3.8, 4) is 11.5 Å². The van der Waals surface area contributed by atoms with Crippen molar-refractivity contribution in [1.29, 1.82) is 0 Å². The zero-order valence-electron chi connectivity index (χ0n) is 15.6. The number of phenols is 1. The molecule has 2 aliphatic rings. The van der Waals surface area contributed by atoms with E-state index in [9.17, 15) is 28.5 Å². The van der Waals surface area contributed by atoms with Crippen LogP contribution in [-0.4, -0.2) is 51.6 Å². The highest BCUT2D eigenvalue weighted by Gasteiger charge is 2.52.